The minimum Gasteiger partial charge on any atom is -0.479 e. The van der Waals surface area contributed by atoms with E-state index in [1.807, 2.05) is 32.0 Å². The Morgan fingerprint density at radius 2 is 1.96 bits per heavy atom. The first-order valence-electron chi connectivity index (χ1n) is 7.92. The largest absolute Gasteiger partial charge is 0.479 e. The number of hydrogen-bond acceptors (Lipinski definition) is 3. The van der Waals surface area contributed by atoms with Crippen molar-refractivity contribution in [1.29, 1.82) is 5.26 Å². The lowest BCUT2D eigenvalue weighted by Crippen LogP contribution is -2.14. The number of terminal acetylenes is 1. The maximum absolute atomic E-state index is 12.5. The van der Waals surface area contributed by atoms with Crippen LogP contribution in [0.4, 0.5) is 5.69 Å². The van der Waals surface area contributed by atoms with E-state index in [-0.39, 0.29) is 12.2 Å². The van der Waals surface area contributed by atoms with Crippen molar-refractivity contribution in [3.63, 3.8) is 0 Å². The molecule has 0 unspecified atom stereocenters. The van der Waals surface area contributed by atoms with E-state index in [0.717, 1.165) is 11.1 Å². The van der Waals surface area contributed by atoms with Crippen LogP contribution in [-0.2, 0) is 4.79 Å². The molecule has 0 spiro atoms. The summed E-state index contributed by atoms with van der Waals surface area (Å²) in [4.78, 5) is 12.5. The second kappa shape index (κ2) is 9.41. The number of benzene rings is 2. The van der Waals surface area contributed by atoms with Crippen molar-refractivity contribution in [2.45, 2.75) is 13.8 Å². The van der Waals surface area contributed by atoms with E-state index < -0.39 is 5.91 Å². The number of aryl methyl sites for hydroxylation is 1. The molecule has 0 aliphatic heterocycles. The van der Waals surface area contributed by atoms with E-state index in [0.29, 0.717) is 25.9 Å². The first kappa shape index (κ1) is 20.8. The van der Waals surface area contributed by atoms with Gasteiger partial charge in [0.15, 0.2) is 0 Å². The first-order chi connectivity index (χ1) is 12.9. The van der Waals surface area contributed by atoms with Gasteiger partial charge in [0.25, 0.3) is 5.91 Å². The number of hydrogen-bond donors (Lipinski definition) is 1. The maximum atomic E-state index is 12.5. The third-order valence-electron chi connectivity index (χ3n) is 3.85. The van der Waals surface area contributed by atoms with Gasteiger partial charge in [-0.25, -0.2) is 0 Å². The van der Waals surface area contributed by atoms with Crippen LogP contribution in [0.1, 0.15) is 16.7 Å². The van der Waals surface area contributed by atoms with E-state index in [4.69, 9.17) is 11.2 Å². The van der Waals surface area contributed by atoms with Crippen LogP contribution >= 0.6 is 31.9 Å². The van der Waals surface area contributed by atoms with Gasteiger partial charge in [0.2, 0.25) is 0 Å². The number of nitrogens with one attached hydrogen (secondary N) is 1. The second-order valence-electron chi connectivity index (χ2n) is 5.68. The van der Waals surface area contributed by atoms with E-state index in [1.54, 1.807) is 18.2 Å². The van der Waals surface area contributed by atoms with Crippen molar-refractivity contribution in [2.75, 3.05) is 11.9 Å². The Morgan fingerprint density at radius 1 is 1.30 bits per heavy atom. The predicted molar refractivity (Wildman–Crippen MR) is 114 cm³/mol. The summed E-state index contributed by atoms with van der Waals surface area (Å²) in [6.45, 7) is 4.02. The normalized spacial score (nSPS) is 10.7. The highest BCUT2D eigenvalue weighted by molar-refractivity contribution is 9.11. The predicted octanol–water partition coefficient (Wildman–Crippen LogP) is 5.39. The smallest absolute Gasteiger partial charge is 0.266 e. The zero-order chi connectivity index (χ0) is 20.0. The van der Waals surface area contributed by atoms with Gasteiger partial charge < -0.3 is 10.1 Å². The minimum atomic E-state index is -0.467. The quantitative estimate of drug-likeness (QED) is 0.349. The molecule has 27 heavy (non-hydrogen) atoms. The molecule has 4 nitrogen and oxygen atoms in total. The van der Waals surface area contributed by atoms with Gasteiger partial charge >= 0.3 is 0 Å². The van der Waals surface area contributed by atoms with Crippen LogP contribution in [0.2, 0.25) is 0 Å². The molecule has 1 N–H and O–H groups in total. The summed E-state index contributed by atoms with van der Waals surface area (Å²) in [6, 6.07) is 11.1. The third-order valence-corrected chi connectivity index (χ3v) is 5.03. The van der Waals surface area contributed by atoms with Crippen molar-refractivity contribution in [1.82, 2.24) is 0 Å². The monoisotopic (exact) mass is 486 g/mol. The van der Waals surface area contributed by atoms with Crippen molar-refractivity contribution in [3.05, 3.63) is 61.5 Å². The fourth-order valence-corrected chi connectivity index (χ4v) is 3.76. The molecule has 0 saturated carbocycles. The molecular formula is C21H16Br2N2O2. The number of amides is 1. The molecule has 0 heterocycles. The Hall–Kier alpha value is -2.54. The number of nitrogens with zero attached hydrogens (tertiary/aromatic N) is 1. The zero-order valence-electron chi connectivity index (χ0n) is 14.8. The molecular weight excluding hydrogens is 472 g/mol. The number of rotatable bonds is 5. The molecule has 0 aliphatic carbocycles. The van der Waals surface area contributed by atoms with Gasteiger partial charge in [0, 0.05) is 5.69 Å². The number of nitriles is 1. The molecule has 1 amide bonds. The Bertz CT molecular complexity index is 975. The van der Waals surface area contributed by atoms with Crippen LogP contribution in [0.25, 0.3) is 6.08 Å². The van der Waals surface area contributed by atoms with Crippen LogP contribution in [0.5, 0.6) is 5.75 Å². The summed E-state index contributed by atoms with van der Waals surface area (Å²) >= 11 is 6.82. The molecule has 0 aromatic heterocycles. The Kier molecular flexibility index (Phi) is 7.24. The molecule has 136 valence electrons. The molecule has 0 radical (unpaired) electrons. The second-order valence-corrected chi connectivity index (χ2v) is 7.39. The average molecular weight is 488 g/mol. The zero-order valence-corrected chi connectivity index (χ0v) is 17.9. The van der Waals surface area contributed by atoms with Crippen molar-refractivity contribution in [3.8, 4) is 24.2 Å². The maximum Gasteiger partial charge on any atom is 0.266 e. The highest BCUT2D eigenvalue weighted by Crippen LogP contribution is 2.35. The SMILES string of the molecule is C#CCOc1c(Br)cc(/C=C(\C#N)C(=O)Nc2cccc(C)c2C)cc1Br. The van der Waals surface area contributed by atoms with Crippen LogP contribution in [-0.4, -0.2) is 12.5 Å². The topological polar surface area (TPSA) is 62.1 Å². The van der Waals surface area contributed by atoms with Crippen LogP contribution in [0.15, 0.2) is 44.9 Å². The molecule has 2 rings (SSSR count). The summed E-state index contributed by atoms with van der Waals surface area (Å²) in [5.74, 6) is 2.49. The van der Waals surface area contributed by atoms with E-state index in [9.17, 15) is 10.1 Å². The van der Waals surface area contributed by atoms with Crippen LogP contribution in [0.3, 0.4) is 0 Å². The van der Waals surface area contributed by atoms with Gasteiger partial charge in [-0.3, -0.25) is 4.79 Å². The molecule has 0 saturated heterocycles. The summed E-state index contributed by atoms with van der Waals surface area (Å²) in [6.07, 6.45) is 6.73. The lowest BCUT2D eigenvalue weighted by atomic mass is 10.1. The fourth-order valence-electron chi connectivity index (χ4n) is 2.31. The third kappa shape index (κ3) is 5.23. The van der Waals surface area contributed by atoms with Gasteiger partial charge in [-0.15, -0.1) is 6.42 Å². The van der Waals surface area contributed by atoms with Crippen molar-refractivity contribution >= 4 is 49.5 Å². The molecule has 2 aromatic carbocycles. The van der Waals surface area contributed by atoms with Gasteiger partial charge in [0.05, 0.1) is 8.95 Å². The van der Waals surface area contributed by atoms with Gasteiger partial charge in [-0.05, 0) is 86.7 Å². The van der Waals surface area contributed by atoms with E-state index in [1.165, 1.54) is 6.08 Å². The Morgan fingerprint density at radius 3 is 2.56 bits per heavy atom. The molecule has 0 fully saturated rings. The van der Waals surface area contributed by atoms with Crippen molar-refractivity contribution in [2.24, 2.45) is 0 Å². The van der Waals surface area contributed by atoms with E-state index >= 15 is 0 Å². The fraction of sp³-hybridized carbons (Fsp3) is 0.143. The molecule has 0 bridgehead atoms. The van der Waals surface area contributed by atoms with Crippen LogP contribution < -0.4 is 10.1 Å². The number of carbonyl (C=O) groups excluding carboxylic acids is 1. The van der Waals surface area contributed by atoms with Gasteiger partial charge in [-0.1, -0.05) is 18.1 Å². The molecule has 0 aliphatic rings. The number of halogens is 2. The minimum absolute atomic E-state index is 0.00741. The lowest BCUT2D eigenvalue weighted by Gasteiger charge is -2.11. The Labute approximate surface area is 175 Å². The first-order valence-corrected chi connectivity index (χ1v) is 9.50. The summed E-state index contributed by atoms with van der Waals surface area (Å²) in [5, 5.41) is 12.2. The highest BCUT2D eigenvalue weighted by Gasteiger charge is 2.13. The highest BCUT2D eigenvalue weighted by atomic mass is 79.9. The molecule has 6 heteroatoms. The molecule has 2 aromatic rings. The summed E-state index contributed by atoms with van der Waals surface area (Å²) in [7, 11) is 0. The summed E-state index contributed by atoms with van der Waals surface area (Å²) in [5.41, 5.74) is 3.36. The van der Waals surface area contributed by atoms with Crippen molar-refractivity contribution < 1.29 is 9.53 Å². The number of carbonyl (C=O) groups is 1. The van der Waals surface area contributed by atoms with Gasteiger partial charge in [0.1, 0.15) is 24.0 Å². The Balaban J connectivity index is 2.30. The van der Waals surface area contributed by atoms with E-state index in [2.05, 4.69) is 43.1 Å². The average Bonchev–Trinajstić information content (AvgIpc) is 2.62. The van der Waals surface area contributed by atoms with Gasteiger partial charge in [-0.2, -0.15) is 5.26 Å². The standard InChI is InChI=1S/C21H16Br2N2O2/c1-4-8-27-20-17(22)10-15(11-18(20)23)9-16(12-24)21(26)25-19-7-5-6-13(2)14(19)3/h1,5-7,9-11H,8H2,2-3H3,(H,25,26)/b16-9+. The summed E-state index contributed by atoms with van der Waals surface area (Å²) < 4.78 is 6.77. The number of anilines is 1. The number of ether oxygens (including phenoxy) is 1. The van der Waals surface area contributed by atoms with Crippen LogP contribution in [0, 0.1) is 37.5 Å². The molecule has 0 atom stereocenters. The lowest BCUT2D eigenvalue weighted by molar-refractivity contribution is -0.112.